The Labute approximate surface area is 122 Å². The molecule has 1 aromatic carbocycles. The molecule has 0 spiro atoms. The van der Waals surface area contributed by atoms with Crippen molar-refractivity contribution in [3.8, 4) is 0 Å². The van der Waals surface area contributed by atoms with Gasteiger partial charge in [0.25, 0.3) is 5.91 Å². The van der Waals surface area contributed by atoms with E-state index < -0.39 is 15.6 Å². The summed E-state index contributed by atoms with van der Waals surface area (Å²) in [6, 6.07) is 12.1. The van der Waals surface area contributed by atoms with Crippen LogP contribution in [-0.2, 0) is 9.73 Å². The minimum atomic E-state index is -2.74. The van der Waals surface area contributed by atoms with Gasteiger partial charge in [0, 0.05) is 17.3 Å². The van der Waals surface area contributed by atoms with Crippen molar-refractivity contribution < 1.29 is 9.00 Å². The maximum Gasteiger partial charge on any atom is 0.288 e. The molecule has 1 heterocycles. The lowest BCUT2D eigenvalue weighted by Crippen LogP contribution is -2.05. The molecule has 0 fully saturated rings. The Morgan fingerprint density at radius 3 is 2.55 bits per heavy atom. The zero-order valence-electron chi connectivity index (χ0n) is 11.1. The third-order valence-corrected chi connectivity index (χ3v) is 5.01. The molecule has 4 nitrogen and oxygen atoms in total. The molecule has 1 aromatic heterocycles. The van der Waals surface area contributed by atoms with Crippen LogP contribution in [0.4, 0.5) is 0 Å². The maximum absolute atomic E-state index is 12.6. The van der Waals surface area contributed by atoms with E-state index in [0.717, 1.165) is 0 Å². The summed E-state index contributed by atoms with van der Waals surface area (Å²) in [5.74, 6) is -0.501. The summed E-state index contributed by atoms with van der Waals surface area (Å²) in [5.41, 5.74) is 0.380. The fourth-order valence-corrected chi connectivity index (χ4v) is 3.37. The zero-order chi connectivity index (χ0) is 14.6. The van der Waals surface area contributed by atoms with Gasteiger partial charge in [-0.05, 0) is 30.5 Å². The van der Waals surface area contributed by atoms with Gasteiger partial charge in [0.15, 0.2) is 0 Å². The van der Waals surface area contributed by atoms with Crippen molar-refractivity contribution >= 4 is 27.4 Å². The number of hydrogen-bond acceptors (Lipinski definition) is 4. The molecule has 1 atom stereocenters. The van der Waals surface area contributed by atoms with Crippen molar-refractivity contribution in [2.75, 3.05) is 12.5 Å². The standard InChI is InChI=1S/C14H14N2O2S2/c1-19-14-12(9-6-10-15-14)13(17)16-20(2,18)11-7-4-3-5-8-11/h3-10H,1-2H3/t20-/m1/s1. The van der Waals surface area contributed by atoms with Crippen molar-refractivity contribution in [2.24, 2.45) is 4.36 Å². The molecule has 104 valence electrons. The number of carbonyl (C=O) groups excluding carboxylic acids is 1. The summed E-state index contributed by atoms with van der Waals surface area (Å²) in [5, 5.41) is 0.588. The van der Waals surface area contributed by atoms with E-state index in [2.05, 4.69) is 9.35 Å². The predicted molar refractivity (Wildman–Crippen MR) is 81.6 cm³/mol. The molecule has 20 heavy (non-hydrogen) atoms. The third-order valence-electron chi connectivity index (χ3n) is 2.63. The Hall–Kier alpha value is -1.66. The number of rotatable bonds is 3. The summed E-state index contributed by atoms with van der Waals surface area (Å²) < 4.78 is 16.4. The van der Waals surface area contributed by atoms with Gasteiger partial charge in [-0.3, -0.25) is 4.79 Å². The molecule has 0 saturated carbocycles. The topological polar surface area (TPSA) is 59.4 Å². The monoisotopic (exact) mass is 306 g/mol. The van der Waals surface area contributed by atoms with Crippen molar-refractivity contribution in [3.05, 3.63) is 54.2 Å². The largest absolute Gasteiger partial charge is 0.288 e. The first-order valence-electron chi connectivity index (χ1n) is 5.85. The van der Waals surface area contributed by atoms with E-state index in [1.54, 1.807) is 42.6 Å². The first kappa shape index (κ1) is 14.7. The van der Waals surface area contributed by atoms with Crippen molar-refractivity contribution in [1.82, 2.24) is 4.98 Å². The van der Waals surface area contributed by atoms with Crippen LogP contribution in [-0.4, -0.2) is 27.6 Å². The van der Waals surface area contributed by atoms with Crippen LogP contribution in [0.5, 0.6) is 0 Å². The maximum atomic E-state index is 12.6. The predicted octanol–water partition coefficient (Wildman–Crippen LogP) is 3.10. The second-order valence-corrected chi connectivity index (χ2v) is 7.13. The fraction of sp³-hybridized carbons (Fsp3) is 0.143. The highest BCUT2D eigenvalue weighted by molar-refractivity contribution is 7.98. The second kappa shape index (κ2) is 6.19. The molecule has 2 rings (SSSR count). The lowest BCUT2D eigenvalue weighted by atomic mass is 10.3. The molecule has 6 heteroatoms. The van der Waals surface area contributed by atoms with Gasteiger partial charge >= 0.3 is 0 Å². The van der Waals surface area contributed by atoms with Crippen LogP contribution in [0.15, 0.2) is 62.9 Å². The van der Waals surface area contributed by atoms with E-state index in [9.17, 15) is 9.00 Å². The molecule has 0 saturated heterocycles. The molecule has 0 radical (unpaired) electrons. The van der Waals surface area contributed by atoms with Crippen LogP contribution in [0.1, 0.15) is 10.4 Å². The van der Waals surface area contributed by atoms with Crippen molar-refractivity contribution in [1.29, 1.82) is 0 Å². The van der Waals surface area contributed by atoms with Crippen LogP contribution < -0.4 is 0 Å². The molecule has 0 aliphatic heterocycles. The molecule has 0 aliphatic rings. The summed E-state index contributed by atoms with van der Waals surface area (Å²) in [6.07, 6.45) is 4.91. The number of pyridine rings is 1. The van der Waals surface area contributed by atoms with Crippen molar-refractivity contribution in [3.63, 3.8) is 0 Å². The number of thioether (sulfide) groups is 1. The van der Waals surface area contributed by atoms with Crippen LogP contribution >= 0.6 is 11.8 Å². The van der Waals surface area contributed by atoms with E-state index in [0.29, 0.717) is 15.5 Å². The summed E-state index contributed by atoms with van der Waals surface area (Å²) >= 11 is 1.36. The molecule has 0 aliphatic carbocycles. The van der Waals surface area contributed by atoms with Gasteiger partial charge in [-0.2, -0.15) is 4.36 Å². The molecule has 0 bridgehead atoms. The van der Waals surface area contributed by atoms with E-state index in [4.69, 9.17) is 0 Å². The first-order chi connectivity index (χ1) is 9.54. The quantitative estimate of drug-likeness (QED) is 0.818. The third kappa shape index (κ3) is 3.26. The Morgan fingerprint density at radius 2 is 1.90 bits per heavy atom. The number of benzene rings is 1. The fourth-order valence-electron chi connectivity index (χ4n) is 1.65. The normalized spacial score (nSPS) is 13.5. The summed E-state index contributed by atoms with van der Waals surface area (Å²) in [4.78, 5) is 16.9. The Bertz CT molecular complexity index is 736. The average Bonchev–Trinajstić information content (AvgIpc) is 2.47. The molecule has 0 unspecified atom stereocenters. The van der Waals surface area contributed by atoms with Gasteiger partial charge in [0.05, 0.1) is 15.3 Å². The van der Waals surface area contributed by atoms with Gasteiger partial charge in [-0.15, -0.1) is 11.8 Å². The van der Waals surface area contributed by atoms with Gasteiger partial charge < -0.3 is 0 Å². The molecule has 1 amide bonds. The summed E-state index contributed by atoms with van der Waals surface area (Å²) in [7, 11) is -2.74. The van der Waals surface area contributed by atoms with Gasteiger partial charge in [-0.1, -0.05) is 18.2 Å². The smallest absolute Gasteiger partial charge is 0.266 e. The van der Waals surface area contributed by atoms with Gasteiger partial charge in [-0.25, -0.2) is 9.19 Å². The lowest BCUT2D eigenvalue weighted by molar-refractivity contribution is 0.100. The van der Waals surface area contributed by atoms with Crippen LogP contribution in [0.3, 0.4) is 0 Å². The lowest BCUT2D eigenvalue weighted by Gasteiger charge is -2.05. The number of amides is 1. The van der Waals surface area contributed by atoms with E-state index in [-0.39, 0.29) is 0 Å². The highest BCUT2D eigenvalue weighted by Crippen LogP contribution is 2.19. The Kier molecular flexibility index (Phi) is 4.57. The first-order valence-corrected chi connectivity index (χ1v) is 9.00. The highest BCUT2D eigenvalue weighted by atomic mass is 32.2. The highest BCUT2D eigenvalue weighted by Gasteiger charge is 2.14. The average molecular weight is 306 g/mol. The van der Waals surface area contributed by atoms with Gasteiger partial charge in [0.1, 0.15) is 5.03 Å². The minimum Gasteiger partial charge on any atom is -0.266 e. The number of hydrogen-bond donors (Lipinski definition) is 0. The molecule has 0 N–H and O–H groups in total. The number of aromatic nitrogens is 1. The SMILES string of the molecule is CSc1ncccc1C(=O)N=[S@](C)(=O)c1ccccc1. The number of nitrogens with zero attached hydrogens (tertiary/aromatic N) is 2. The molecular formula is C14H14N2O2S2. The molecule has 2 aromatic rings. The second-order valence-electron chi connectivity index (χ2n) is 4.07. The minimum absolute atomic E-state index is 0.380. The number of carbonyl (C=O) groups is 1. The summed E-state index contributed by atoms with van der Waals surface area (Å²) in [6.45, 7) is 0. The van der Waals surface area contributed by atoms with Gasteiger partial charge in [0.2, 0.25) is 0 Å². The molecular weight excluding hydrogens is 292 g/mol. The van der Waals surface area contributed by atoms with Crippen LogP contribution in [0.25, 0.3) is 0 Å². The van der Waals surface area contributed by atoms with E-state index in [1.807, 2.05) is 12.3 Å². The van der Waals surface area contributed by atoms with Crippen LogP contribution in [0, 0.1) is 0 Å². The Balaban J connectivity index is 2.45. The van der Waals surface area contributed by atoms with Crippen LogP contribution in [0.2, 0.25) is 0 Å². The van der Waals surface area contributed by atoms with E-state index >= 15 is 0 Å². The van der Waals surface area contributed by atoms with Crippen molar-refractivity contribution in [2.45, 2.75) is 9.92 Å². The zero-order valence-corrected chi connectivity index (χ0v) is 12.8. The Morgan fingerprint density at radius 1 is 1.20 bits per heavy atom. The van der Waals surface area contributed by atoms with E-state index in [1.165, 1.54) is 18.0 Å².